The number of methoxy groups -OCH3 is 1. The summed E-state index contributed by atoms with van der Waals surface area (Å²) in [5.41, 5.74) is 0.721. The highest BCUT2D eigenvalue weighted by atomic mass is 35.5. The van der Waals surface area contributed by atoms with E-state index in [-0.39, 0.29) is 18.4 Å². The van der Waals surface area contributed by atoms with E-state index in [1.165, 1.54) is 0 Å². The van der Waals surface area contributed by atoms with Crippen molar-refractivity contribution in [3.63, 3.8) is 0 Å². The molecule has 0 heterocycles. The highest BCUT2D eigenvalue weighted by molar-refractivity contribution is 6.30. The summed E-state index contributed by atoms with van der Waals surface area (Å²) in [7, 11) is 1.54. The number of aliphatic hydroxyl groups excluding tert-OH is 1. The normalized spacial score (nSPS) is 14.0. The Labute approximate surface area is 112 Å². The molecule has 0 saturated heterocycles. The number of amides is 1. The molecule has 0 radical (unpaired) electrons. The molecule has 1 amide bonds. The number of carbonyl (C=O) groups excluding carboxylic acids is 1. The van der Waals surface area contributed by atoms with Crippen molar-refractivity contribution in [2.45, 2.75) is 25.5 Å². The van der Waals surface area contributed by atoms with E-state index in [1.54, 1.807) is 38.3 Å². The van der Waals surface area contributed by atoms with E-state index in [1.807, 2.05) is 0 Å². The molecule has 5 heteroatoms. The first-order chi connectivity index (χ1) is 8.54. The van der Waals surface area contributed by atoms with E-state index in [2.05, 4.69) is 5.32 Å². The first kappa shape index (κ1) is 15.0. The average Bonchev–Trinajstić information content (AvgIpc) is 2.36. The Kier molecular flexibility index (Phi) is 6.12. The van der Waals surface area contributed by atoms with Crippen molar-refractivity contribution in [3.8, 4) is 0 Å². The second-order valence-corrected chi connectivity index (χ2v) is 4.53. The van der Waals surface area contributed by atoms with Gasteiger partial charge in [0.1, 0.15) is 0 Å². The van der Waals surface area contributed by atoms with Crippen LogP contribution in [0.5, 0.6) is 0 Å². The number of benzene rings is 1. The summed E-state index contributed by atoms with van der Waals surface area (Å²) in [6, 6.07) is 6.53. The minimum absolute atomic E-state index is 0.141. The van der Waals surface area contributed by atoms with Crippen LogP contribution in [0.15, 0.2) is 24.3 Å². The van der Waals surface area contributed by atoms with Gasteiger partial charge in [-0.05, 0) is 24.6 Å². The van der Waals surface area contributed by atoms with Crippen molar-refractivity contribution >= 4 is 17.5 Å². The highest BCUT2D eigenvalue weighted by Crippen LogP contribution is 2.19. The van der Waals surface area contributed by atoms with Crippen LogP contribution >= 0.6 is 11.6 Å². The van der Waals surface area contributed by atoms with Gasteiger partial charge in [0.25, 0.3) is 0 Å². The molecule has 0 bridgehead atoms. The molecule has 2 unspecified atom stereocenters. The van der Waals surface area contributed by atoms with Crippen molar-refractivity contribution in [3.05, 3.63) is 34.9 Å². The lowest BCUT2D eigenvalue weighted by atomic mass is 10.0. The van der Waals surface area contributed by atoms with E-state index in [0.717, 1.165) is 5.56 Å². The van der Waals surface area contributed by atoms with E-state index in [4.69, 9.17) is 16.3 Å². The Morgan fingerprint density at radius 3 is 2.61 bits per heavy atom. The van der Waals surface area contributed by atoms with Crippen LogP contribution in [0.1, 0.15) is 25.0 Å². The molecule has 0 aromatic heterocycles. The molecule has 2 N–H and O–H groups in total. The van der Waals surface area contributed by atoms with Crippen LogP contribution in [-0.4, -0.2) is 30.8 Å². The third kappa shape index (κ3) is 4.64. The fourth-order valence-electron chi connectivity index (χ4n) is 1.55. The monoisotopic (exact) mass is 271 g/mol. The van der Waals surface area contributed by atoms with E-state index >= 15 is 0 Å². The van der Waals surface area contributed by atoms with Crippen LogP contribution < -0.4 is 5.32 Å². The lowest BCUT2D eigenvalue weighted by molar-refractivity contribution is -0.123. The number of rotatable bonds is 6. The van der Waals surface area contributed by atoms with E-state index in [0.29, 0.717) is 11.6 Å². The second kappa shape index (κ2) is 7.36. The number of carbonyl (C=O) groups is 1. The van der Waals surface area contributed by atoms with Gasteiger partial charge in [0.05, 0.1) is 18.8 Å². The third-order valence-electron chi connectivity index (χ3n) is 2.61. The predicted octanol–water partition coefficient (Wildman–Crippen LogP) is 1.91. The minimum atomic E-state index is -0.756. The number of halogens is 1. The van der Waals surface area contributed by atoms with Crippen LogP contribution in [0.3, 0.4) is 0 Å². The SMILES string of the molecule is COCCC(=O)NC(C)C(O)c1ccc(Cl)cc1. The lowest BCUT2D eigenvalue weighted by Crippen LogP contribution is -2.37. The third-order valence-corrected chi connectivity index (χ3v) is 2.86. The Balaban J connectivity index is 2.53. The molecule has 0 spiro atoms. The summed E-state index contributed by atoms with van der Waals surface area (Å²) >= 11 is 5.77. The summed E-state index contributed by atoms with van der Waals surface area (Å²) in [6.45, 7) is 2.12. The molecular formula is C13H18ClNO3. The van der Waals surface area contributed by atoms with Gasteiger partial charge in [-0.1, -0.05) is 23.7 Å². The number of aliphatic hydroxyl groups is 1. The van der Waals surface area contributed by atoms with Gasteiger partial charge < -0.3 is 15.2 Å². The summed E-state index contributed by atoms with van der Waals surface area (Å²) in [5.74, 6) is -0.141. The van der Waals surface area contributed by atoms with Gasteiger partial charge in [-0.2, -0.15) is 0 Å². The van der Waals surface area contributed by atoms with Crippen LogP contribution in [0.4, 0.5) is 0 Å². The molecule has 0 fully saturated rings. The largest absolute Gasteiger partial charge is 0.386 e. The summed E-state index contributed by atoms with van der Waals surface area (Å²) in [6.07, 6.45) is -0.470. The molecule has 100 valence electrons. The Hall–Kier alpha value is -1.10. The standard InChI is InChI=1S/C13H18ClNO3/c1-9(15-12(16)7-8-18-2)13(17)10-3-5-11(14)6-4-10/h3-6,9,13,17H,7-8H2,1-2H3,(H,15,16). The molecule has 2 atom stereocenters. The van der Waals surface area contributed by atoms with Crippen molar-refractivity contribution < 1.29 is 14.6 Å². The topological polar surface area (TPSA) is 58.6 Å². The molecule has 1 aromatic rings. The number of ether oxygens (including phenoxy) is 1. The number of hydrogen-bond acceptors (Lipinski definition) is 3. The van der Waals surface area contributed by atoms with Crippen molar-refractivity contribution in [1.29, 1.82) is 0 Å². The van der Waals surface area contributed by atoms with Crippen LogP contribution in [0.2, 0.25) is 5.02 Å². The fourth-order valence-corrected chi connectivity index (χ4v) is 1.67. The highest BCUT2D eigenvalue weighted by Gasteiger charge is 2.18. The fraction of sp³-hybridized carbons (Fsp3) is 0.462. The summed E-state index contributed by atoms with van der Waals surface area (Å²) < 4.78 is 4.81. The quantitative estimate of drug-likeness (QED) is 0.831. The maximum Gasteiger partial charge on any atom is 0.222 e. The molecule has 0 aliphatic rings. The molecule has 0 aliphatic carbocycles. The van der Waals surface area contributed by atoms with Crippen LogP contribution in [-0.2, 0) is 9.53 Å². The molecule has 0 saturated carbocycles. The second-order valence-electron chi connectivity index (χ2n) is 4.10. The Morgan fingerprint density at radius 2 is 2.06 bits per heavy atom. The van der Waals surface area contributed by atoms with Gasteiger partial charge in [0.2, 0.25) is 5.91 Å². The minimum Gasteiger partial charge on any atom is -0.386 e. The van der Waals surface area contributed by atoms with Crippen molar-refractivity contribution in [1.82, 2.24) is 5.32 Å². The maximum absolute atomic E-state index is 11.5. The summed E-state index contributed by atoms with van der Waals surface area (Å²) in [5, 5.41) is 13.4. The zero-order valence-electron chi connectivity index (χ0n) is 10.5. The molecular weight excluding hydrogens is 254 g/mol. The first-order valence-corrected chi connectivity index (χ1v) is 6.14. The molecule has 18 heavy (non-hydrogen) atoms. The number of hydrogen-bond donors (Lipinski definition) is 2. The van der Waals surface area contributed by atoms with Crippen LogP contribution in [0, 0.1) is 0 Å². The molecule has 1 rings (SSSR count). The molecule has 0 aliphatic heterocycles. The van der Waals surface area contributed by atoms with Crippen molar-refractivity contribution in [2.75, 3.05) is 13.7 Å². The zero-order valence-corrected chi connectivity index (χ0v) is 11.3. The van der Waals surface area contributed by atoms with Crippen LogP contribution in [0.25, 0.3) is 0 Å². The smallest absolute Gasteiger partial charge is 0.222 e. The Bertz CT molecular complexity index is 380. The lowest BCUT2D eigenvalue weighted by Gasteiger charge is -2.20. The maximum atomic E-state index is 11.5. The molecule has 1 aromatic carbocycles. The van der Waals surface area contributed by atoms with Gasteiger partial charge >= 0.3 is 0 Å². The van der Waals surface area contributed by atoms with E-state index < -0.39 is 6.10 Å². The average molecular weight is 272 g/mol. The van der Waals surface area contributed by atoms with Gasteiger partial charge in [-0.3, -0.25) is 4.79 Å². The Morgan fingerprint density at radius 1 is 1.44 bits per heavy atom. The van der Waals surface area contributed by atoms with Gasteiger partial charge in [-0.25, -0.2) is 0 Å². The van der Waals surface area contributed by atoms with E-state index in [9.17, 15) is 9.90 Å². The van der Waals surface area contributed by atoms with Gasteiger partial charge in [0.15, 0.2) is 0 Å². The molecule has 4 nitrogen and oxygen atoms in total. The van der Waals surface area contributed by atoms with Gasteiger partial charge in [0, 0.05) is 18.6 Å². The summed E-state index contributed by atoms with van der Waals surface area (Å²) in [4.78, 5) is 11.5. The number of nitrogens with one attached hydrogen (secondary N) is 1. The van der Waals surface area contributed by atoms with Gasteiger partial charge in [-0.15, -0.1) is 0 Å². The predicted molar refractivity (Wildman–Crippen MR) is 70.5 cm³/mol. The van der Waals surface area contributed by atoms with Crippen molar-refractivity contribution in [2.24, 2.45) is 0 Å². The zero-order chi connectivity index (χ0) is 13.5. The first-order valence-electron chi connectivity index (χ1n) is 5.76.